The van der Waals surface area contributed by atoms with Crippen LogP contribution in [0.4, 0.5) is 5.82 Å². The predicted molar refractivity (Wildman–Crippen MR) is 74.6 cm³/mol. The van der Waals surface area contributed by atoms with Crippen LogP contribution < -0.4 is 9.80 Å². The number of aryl methyl sites for hydroxylation is 1. The van der Waals surface area contributed by atoms with E-state index in [9.17, 15) is 4.79 Å². The molecule has 4 heterocycles. The molecule has 2 fully saturated rings. The molecule has 2 aromatic heterocycles. The molecule has 1 unspecified atom stereocenters. The normalized spacial score (nSPS) is 29.1. The first kappa shape index (κ1) is 12.1. The second kappa shape index (κ2) is 4.43. The lowest BCUT2D eigenvalue weighted by Gasteiger charge is -2.23. The van der Waals surface area contributed by atoms with Crippen LogP contribution in [0.25, 0.3) is 0 Å². The number of aromatic nitrogens is 1. The van der Waals surface area contributed by atoms with Gasteiger partial charge in [0.1, 0.15) is 5.76 Å². The van der Waals surface area contributed by atoms with Crippen LogP contribution in [0.3, 0.4) is 0 Å². The van der Waals surface area contributed by atoms with Gasteiger partial charge in [0.05, 0.1) is 11.4 Å². The highest BCUT2D eigenvalue weighted by molar-refractivity contribution is 7.10. The average Bonchev–Trinajstić information content (AvgIpc) is 3.16. The molecule has 2 saturated heterocycles. The molecule has 2 aromatic rings. The number of fused-ring (bicyclic) bond motifs is 1. The monoisotopic (exact) mass is 290 g/mol. The molecule has 3 atom stereocenters. The van der Waals surface area contributed by atoms with Crippen molar-refractivity contribution in [2.45, 2.75) is 32.0 Å². The molecule has 20 heavy (non-hydrogen) atoms. The van der Waals surface area contributed by atoms with E-state index in [0.29, 0.717) is 5.82 Å². The van der Waals surface area contributed by atoms with Crippen LogP contribution in [0.15, 0.2) is 28.1 Å². The standard InChI is InChI=1S/C14H15N3O2S/c1-9-8-12(15-19-9)17-13(11-5-3-7-20-11)16-6-2-4-10(16)14(17)18/h3,5,7-8,10,13H,2,4,6H2,1H3/p+1/t10-,13-/m1/s1. The first-order valence-corrected chi connectivity index (χ1v) is 7.79. The van der Waals surface area contributed by atoms with Gasteiger partial charge in [0, 0.05) is 18.9 Å². The van der Waals surface area contributed by atoms with Crippen molar-refractivity contribution in [1.29, 1.82) is 0 Å². The van der Waals surface area contributed by atoms with Crippen molar-refractivity contribution in [1.82, 2.24) is 5.16 Å². The summed E-state index contributed by atoms with van der Waals surface area (Å²) in [5.41, 5.74) is 0. The Morgan fingerprint density at radius 2 is 2.45 bits per heavy atom. The number of rotatable bonds is 2. The lowest BCUT2D eigenvalue weighted by Crippen LogP contribution is -3.12. The van der Waals surface area contributed by atoms with E-state index in [1.165, 1.54) is 9.78 Å². The second-order valence-corrected chi connectivity index (χ2v) is 6.42. The Morgan fingerprint density at radius 1 is 1.55 bits per heavy atom. The molecule has 0 saturated carbocycles. The van der Waals surface area contributed by atoms with Gasteiger partial charge < -0.3 is 9.42 Å². The maximum atomic E-state index is 12.7. The zero-order valence-corrected chi connectivity index (χ0v) is 12.0. The van der Waals surface area contributed by atoms with Gasteiger partial charge in [-0.05, 0) is 18.4 Å². The number of nitrogens with one attached hydrogen (secondary N) is 1. The quantitative estimate of drug-likeness (QED) is 0.902. The van der Waals surface area contributed by atoms with E-state index in [4.69, 9.17) is 4.52 Å². The summed E-state index contributed by atoms with van der Waals surface area (Å²) in [6.07, 6.45) is 2.15. The smallest absolute Gasteiger partial charge is 0.291 e. The fourth-order valence-electron chi connectivity index (χ4n) is 3.41. The number of carbonyl (C=O) groups is 1. The highest BCUT2D eigenvalue weighted by Crippen LogP contribution is 2.32. The Labute approximate surface area is 120 Å². The SMILES string of the molecule is Cc1cc(N2C(=O)[C@H]3CCC[NH+]3[C@H]2c2cccs2)no1. The minimum Gasteiger partial charge on any atom is -0.360 e. The van der Waals surface area contributed by atoms with Gasteiger partial charge >= 0.3 is 0 Å². The maximum absolute atomic E-state index is 12.7. The van der Waals surface area contributed by atoms with Crippen LogP contribution in [0.5, 0.6) is 0 Å². The number of thiophene rings is 1. The van der Waals surface area contributed by atoms with Gasteiger partial charge in [-0.15, -0.1) is 11.3 Å². The Balaban J connectivity index is 1.80. The van der Waals surface area contributed by atoms with Gasteiger partial charge in [-0.1, -0.05) is 11.2 Å². The van der Waals surface area contributed by atoms with E-state index in [1.54, 1.807) is 11.3 Å². The number of hydrogen-bond donors (Lipinski definition) is 1. The van der Waals surface area contributed by atoms with E-state index in [-0.39, 0.29) is 18.1 Å². The topological polar surface area (TPSA) is 50.8 Å². The molecule has 6 heteroatoms. The number of anilines is 1. The summed E-state index contributed by atoms with van der Waals surface area (Å²) < 4.78 is 5.16. The molecule has 0 aromatic carbocycles. The first-order valence-electron chi connectivity index (χ1n) is 6.91. The van der Waals surface area contributed by atoms with E-state index >= 15 is 0 Å². The van der Waals surface area contributed by atoms with Crippen molar-refractivity contribution in [2.75, 3.05) is 11.4 Å². The van der Waals surface area contributed by atoms with Gasteiger partial charge in [-0.25, -0.2) is 4.90 Å². The summed E-state index contributed by atoms with van der Waals surface area (Å²) in [6, 6.07) is 6.08. The van der Waals surface area contributed by atoms with Gasteiger partial charge in [-0.3, -0.25) is 4.79 Å². The van der Waals surface area contributed by atoms with Crippen LogP contribution in [0.1, 0.15) is 29.6 Å². The minimum atomic E-state index is 0.0551. The maximum Gasteiger partial charge on any atom is 0.291 e. The molecule has 2 aliphatic heterocycles. The molecule has 0 radical (unpaired) electrons. The zero-order valence-electron chi connectivity index (χ0n) is 11.2. The zero-order chi connectivity index (χ0) is 13.7. The molecule has 2 aliphatic rings. The fraction of sp³-hybridized carbons (Fsp3) is 0.429. The molecule has 0 aliphatic carbocycles. The molecule has 0 bridgehead atoms. The van der Waals surface area contributed by atoms with Gasteiger partial charge in [-0.2, -0.15) is 0 Å². The Bertz CT molecular complexity index is 637. The Kier molecular flexibility index (Phi) is 2.68. The molecule has 4 rings (SSSR count). The van der Waals surface area contributed by atoms with Crippen LogP contribution in [-0.4, -0.2) is 23.7 Å². The predicted octanol–water partition coefficient (Wildman–Crippen LogP) is 1.14. The summed E-state index contributed by atoms with van der Waals surface area (Å²) in [7, 11) is 0. The molecule has 1 N–H and O–H groups in total. The van der Waals surface area contributed by atoms with Crippen molar-refractivity contribution < 1.29 is 14.2 Å². The molecule has 5 nitrogen and oxygen atoms in total. The third-order valence-corrected chi connectivity index (χ3v) is 5.15. The molecular formula is C14H16N3O2S+. The lowest BCUT2D eigenvalue weighted by molar-refractivity contribution is -0.924. The van der Waals surface area contributed by atoms with E-state index < -0.39 is 0 Å². The Morgan fingerprint density at radius 3 is 3.15 bits per heavy atom. The summed E-state index contributed by atoms with van der Waals surface area (Å²) in [5.74, 6) is 1.57. The van der Waals surface area contributed by atoms with Crippen molar-refractivity contribution >= 4 is 23.1 Å². The fourth-order valence-corrected chi connectivity index (χ4v) is 4.27. The molecule has 1 amide bonds. The summed E-state index contributed by atoms with van der Waals surface area (Å²) in [5, 5.41) is 6.12. The Hall–Kier alpha value is -1.66. The number of quaternary nitrogens is 1. The number of hydrogen-bond acceptors (Lipinski definition) is 4. The van der Waals surface area contributed by atoms with Crippen molar-refractivity contribution in [3.8, 4) is 0 Å². The van der Waals surface area contributed by atoms with Crippen LogP contribution >= 0.6 is 11.3 Å². The van der Waals surface area contributed by atoms with Crippen LogP contribution in [-0.2, 0) is 4.79 Å². The van der Waals surface area contributed by atoms with E-state index in [0.717, 1.165) is 25.1 Å². The third kappa shape index (κ3) is 1.65. The number of carbonyl (C=O) groups excluding carboxylic acids is 1. The molecule has 104 valence electrons. The van der Waals surface area contributed by atoms with Crippen molar-refractivity contribution in [2.24, 2.45) is 0 Å². The molecule has 0 spiro atoms. The van der Waals surface area contributed by atoms with Gasteiger partial charge in [0.25, 0.3) is 5.91 Å². The largest absolute Gasteiger partial charge is 0.360 e. The average molecular weight is 290 g/mol. The van der Waals surface area contributed by atoms with Gasteiger partial charge in [0.2, 0.25) is 6.17 Å². The highest BCUT2D eigenvalue weighted by Gasteiger charge is 2.54. The first-order chi connectivity index (χ1) is 9.75. The lowest BCUT2D eigenvalue weighted by atomic mass is 10.2. The van der Waals surface area contributed by atoms with E-state index in [1.807, 2.05) is 24.0 Å². The minimum absolute atomic E-state index is 0.0551. The van der Waals surface area contributed by atoms with Gasteiger partial charge in [0.15, 0.2) is 11.9 Å². The third-order valence-electron chi connectivity index (χ3n) is 4.23. The molecular weight excluding hydrogens is 274 g/mol. The van der Waals surface area contributed by atoms with E-state index in [2.05, 4.69) is 16.6 Å². The van der Waals surface area contributed by atoms with Crippen molar-refractivity contribution in [3.05, 3.63) is 34.2 Å². The number of nitrogens with zero attached hydrogens (tertiary/aromatic N) is 2. The van der Waals surface area contributed by atoms with Crippen LogP contribution in [0, 0.1) is 6.92 Å². The van der Waals surface area contributed by atoms with Crippen LogP contribution in [0.2, 0.25) is 0 Å². The second-order valence-electron chi connectivity index (χ2n) is 5.44. The number of amides is 1. The highest BCUT2D eigenvalue weighted by atomic mass is 32.1. The summed E-state index contributed by atoms with van der Waals surface area (Å²) >= 11 is 1.70. The van der Waals surface area contributed by atoms with Crippen molar-refractivity contribution in [3.63, 3.8) is 0 Å². The summed E-state index contributed by atoms with van der Waals surface area (Å²) in [6.45, 7) is 2.90. The summed E-state index contributed by atoms with van der Waals surface area (Å²) in [4.78, 5) is 17.1.